The fourth-order valence-electron chi connectivity index (χ4n) is 3.38. The monoisotopic (exact) mass is 526 g/mol. The van der Waals surface area contributed by atoms with Gasteiger partial charge in [-0.3, -0.25) is 9.62 Å². The summed E-state index contributed by atoms with van der Waals surface area (Å²) in [5.41, 5.74) is 2.39. The Morgan fingerprint density at radius 1 is 1.00 bits per heavy atom. The second-order valence-electron chi connectivity index (χ2n) is 7.45. The van der Waals surface area contributed by atoms with Crippen molar-refractivity contribution in [3.63, 3.8) is 0 Å². The normalized spacial score (nSPS) is 10.6. The van der Waals surface area contributed by atoms with Gasteiger partial charge in [0.1, 0.15) is 11.3 Å². The van der Waals surface area contributed by atoms with E-state index in [4.69, 9.17) is 25.8 Å². The first-order valence-electron chi connectivity index (χ1n) is 10.6. The van der Waals surface area contributed by atoms with Crippen LogP contribution in [0.2, 0.25) is 5.02 Å². The van der Waals surface area contributed by atoms with Crippen molar-refractivity contribution in [1.29, 1.82) is 0 Å². The molecule has 186 valence electrons. The van der Waals surface area contributed by atoms with Crippen molar-refractivity contribution >= 4 is 58.9 Å². The number of fused-ring (bicyclic) bond motifs is 1. The SMILES string of the molecule is COc1cc(Nc2cnc3ccc(NC(=O)N(S)Cc4cccc(Cl)c4)nc3n2)cc(OC)c1OC. The number of urea groups is 1. The molecule has 2 amide bonds. The van der Waals surface area contributed by atoms with E-state index < -0.39 is 6.03 Å². The topological polar surface area (TPSA) is 111 Å². The van der Waals surface area contributed by atoms with Gasteiger partial charge in [0.05, 0.1) is 34.1 Å². The summed E-state index contributed by atoms with van der Waals surface area (Å²) in [7, 11) is 4.61. The van der Waals surface area contributed by atoms with Crippen molar-refractivity contribution in [2.75, 3.05) is 32.0 Å². The van der Waals surface area contributed by atoms with Gasteiger partial charge in [0.25, 0.3) is 0 Å². The zero-order valence-corrected chi connectivity index (χ0v) is 21.3. The number of aromatic nitrogens is 3. The summed E-state index contributed by atoms with van der Waals surface area (Å²) in [6, 6.07) is 13.6. The van der Waals surface area contributed by atoms with Gasteiger partial charge in [-0.25, -0.2) is 19.7 Å². The summed E-state index contributed by atoms with van der Waals surface area (Å²) in [5.74, 6) is 2.20. The molecule has 0 aliphatic rings. The molecule has 0 atom stereocenters. The molecule has 2 aromatic carbocycles. The Bertz CT molecular complexity index is 1380. The second kappa shape index (κ2) is 11.2. The Kier molecular flexibility index (Phi) is 7.81. The van der Waals surface area contributed by atoms with Crippen LogP contribution < -0.4 is 24.8 Å². The third kappa shape index (κ3) is 5.81. The van der Waals surface area contributed by atoms with Crippen LogP contribution in [0.3, 0.4) is 0 Å². The molecule has 10 nitrogen and oxygen atoms in total. The summed E-state index contributed by atoms with van der Waals surface area (Å²) in [5, 5.41) is 6.46. The Labute approximate surface area is 218 Å². The number of ether oxygens (including phenoxy) is 3. The Hall–Kier alpha value is -3.96. The lowest BCUT2D eigenvalue weighted by molar-refractivity contribution is 0.238. The largest absolute Gasteiger partial charge is 0.493 e. The maximum absolute atomic E-state index is 12.6. The lowest BCUT2D eigenvalue weighted by Crippen LogP contribution is -2.27. The number of carbonyl (C=O) groups excluding carboxylic acids is 1. The third-order valence-electron chi connectivity index (χ3n) is 5.03. The van der Waals surface area contributed by atoms with Gasteiger partial charge in [0.15, 0.2) is 23.0 Å². The van der Waals surface area contributed by atoms with Crippen LogP contribution in [-0.2, 0) is 6.54 Å². The fourth-order valence-corrected chi connectivity index (χ4v) is 3.81. The minimum Gasteiger partial charge on any atom is -0.493 e. The zero-order chi connectivity index (χ0) is 25.7. The molecule has 0 radical (unpaired) electrons. The summed E-state index contributed by atoms with van der Waals surface area (Å²) in [4.78, 5) is 25.9. The minimum absolute atomic E-state index is 0.256. The molecular weight excluding hydrogens is 504 g/mol. The highest BCUT2D eigenvalue weighted by Gasteiger charge is 2.15. The highest BCUT2D eigenvalue weighted by Crippen LogP contribution is 2.40. The highest BCUT2D eigenvalue weighted by molar-refractivity contribution is 7.78. The van der Waals surface area contributed by atoms with E-state index >= 15 is 0 Å². The van der Waals surface area contributed by atoms with Crippen LogP contribution >= 0.6 is 24.4 Å². The number of anilines is 3. The molecule has 0 aliphatic carbocycles. The molecule has 0 unspecified atom stereocenters. The molecule has 2 aromatic heterocycles. The molecule has 0 bridgehead atoms. The number of nitrogens with one attached hydrogen (secondary N) is 2. The van der Waals surface area contributed by atoms with Crippen molar-refractivity contribution in [3.05, 3.63) is 65.3 Å². The smallest absolute Gasteiger partial charge is 0.333 e. The van der Waals surface area contributed by atoms with E-state index in [2.05, 4.69) is 38.4 Å². The van der Waals surface area contributed by atoms with Gasteiger partial charge >= 0.3 is 6.03 Å². The van der Waals surface area contributed by atoms with Crippen LogP contribution in [0.1, 0.15) is 5.56 Å². The number of hydrogen-bond donors (Lipinski definition) is 3. The van der Waals surface area contributed by atoms with E-state index in [1.54, 1.807) is 42.6 Å². The fraction of sp³-hybridized carbons (Fsp3) is 0.167. The molecule has 12 heteroatoms. The molecule has 0 aliphatic heterocycles. The third-order valence-corrected chi connectivity index (χ3v) is 5.59. The molecule has 2 heterocycles. The van der Waals surface area contributed by atoms with Crippen LogP contribution in [0.4, 0.5) is 22.1 Å². The number of pyridine rings is 1. The average Bonchev–Trinajstić information content (AvgIpc) is 2.87. The maximum Gasteiger partial charge on any atom is 0.333 e. The molecule has 0 saturated heterocycles. The number of halogens is 1. The molecule has 4 rings (SSSR count). The number of methoxy groups -OCH3 is 3. The first kappa shape index (κ1) is 25.1. The molecule has 0 saturated carbocycles. The number of benzene rings is 2. The Morgan fingerprint density at radius 2 is 1.72 bits per heavy atom. The second-order valence-corrected chi connectivity index (χ2v) is 8.37. The molecule has 0 fully saturated rings. The number of carbonyl (C=O) groups is 1. The van der Waals surface area contributed by atoms with Crippen molar-refractivity contribution in [3.8, 4) is 17.2 Å². The zero-order valence-electron chi connectivity index (χ0n) is 19.7. The molecule has 36 heavy (non-hydrogen) atoms. The lowest BCUT2D eigenvalue weighted by atomic mass is 10.2. The van der Waals surface area contributed by atoms with Gasteiger partial charge in [0.2, 0.25) is 5.75 Å². The van der Waals surface area contributed by atoms with E-state index in [9.17, 15) is 4.79 Å². The van der Waals surface area contributed by atoms with Gasteiger partial charge in [0, 0.05) is 22.8 Å². The Balaban J connectivity index is 1.51. The standard InChI is InChI=1S/C24H23ClN6O4S/c1-33-18-10-16(11-19(34-2)22(18)35-3)27-21-12-26-17-7-8-20(28-23(17)29-21)30-24(32)31(36)13-14-5-4-6-15(25)9-14/h4-12,36H,13H2,1-3H3,(H2,27,28,29,30,32). The molecule has 2 N–H and O–H groups in total. The molecule has 4 aromatic rings. The molecule has 0 spiro atoms. The van der Waals surface area contributed by atoms with E-state index in [1.165, 1.54) is 25.6 Å². The first-order chi connectivity index (χ1) is 17.4. The van der Waals surface area contributed by atoms with Crippen LogP contribution in [-0.4, -0.2) is 46.6 Å². The van der Waals surface area contributed by atoms with Crippen molar-refractivity contribution in [2.45, 2.75) is 6.54 Å². The van der Waals surface area contributed by atoms with E-state index in [0.29, 0.717) is 50.8 Å². The highest BCUT2D eigenvalue weighted by atomic mass is 35.5. The number of nitrogens with zero attached hydrogens (tertiary/aromatic N) is 4. The van der Waals surface area contributed by atoms with Crippen LogP contribution in [0, 0.1) is 0 Å². The van der Waals surface area contributed by atoms with Crippen molar-refractivity contribution in [1.82, 2.24) is 19.3 Å². The van der Waals surface area contributed by atoms with Crippen LogP contribution in [0.25, 0.3) is 11.2 Å². The number of rotatable bonds is 8. The quantitative estimate of drug-likeness (QED) is 0.264. The van der Waals surface area contributed by atoms with E-state index in [-0.39, 0.29) is 6.54 Å². The lowest BCUT2D eigenvalue weighted by Gasteiger charge is -2.16. The summed E-state index contributed by atoms with van der Waals surface area (Å²) in [6.45, 7) is 0.256. The maximum atomic E-state index is 12.6. The summed E-state index contributed by atoms with van der Waals surface area (Å²) < 4.78 is 17.4. The first-order valence-corrected chi connectivity index (χ1v) is 11.4. The Morgan fingerprint density at radius 3 is 2.39 bits per heavy atom. The van der Waals surface area contributed by atoms with Crippen LogP contribution in [0.5, 0.6) is 17.2 Å². The molecular formula is C24H23ClN6O4S. The summed E-state index contributed by atoms with van der Waals surface area (Å²) in [6.07, 6.45) is 1.58. The predicted molar refractivity (Wildman–Crippen MR) is 142 cm³/mol. The van der Waals surface area contributed by atoms with Gasteiger partial charge in [-0.15, -0.1) is 0 Å². The van der Waals surface area contributed by atoms with Crippen molar-refractivity contribution in [2.24, 2.45) is 0 Å². The predicted octanol–water partition coefficient (Wildman–Crippen LogP) is 5.33. The van der Waals surface area contributed by atoms with E-state index in [0.717, 1.165) is 5.56 Å². The van der Waals surface area contributed by atoms with Crippen molar-refractivity contribution < 1.29 is 19.0 Å². The van der Waals surface area contributed by atoms with Gasteiger partial charge < -0.3 is 19.5 Å². The minimum atomic E-state index is -0.454. The van der Waals surface area contributed by atoms with E-state index in [1.807, 2.05) is 12.1 Å². The van der Waals surface area contributed by atoms with Gasteiger partial charge in [-0.2, -0.15) is 0 Å². The van der Waals surface area contributed by atoms with Crippen LogP contribution in [0.15, 0.2) is 54.7 Å². The van der Waals surface area contributed by atoms with Gasteiger partial charge in [-0.1, -0.05) is 36.5 Å². The number of hydrogen-bond acceptors (Lipinski definition) is 9. The number of thiol groups is 1. The average molecular weight is 527 g/mol. The van der Waals surface area contributed by atoms with Gasteiger partial charge in [-0.05, 0) is 29.8 Å². The number of amides is 2. The summed E-state index contributed by atoms with van der Waals surface area (Å²) >= 11 is 10.3.